The SMILES string of the molecule is CO/N=C/c1ccc(OC)cc1/C=C/C(=O)OC. The highest BCUT2D eigenvalue weighted by Gasteiger charge is 2.01. The van der Waals surface area contributed by atoms with Crippen LogP contribution in [0.25, 0.3) is 6.08 Å². The fourth-order valence-corrected chi connectivity index (χ4v) is 1.28. The molecule has 5 nitrogen and oxygen atoms in total. The van der Waals surface area contributed by atoms with Crippen molar-refractivity contribution in [1.82, 2.24) is 0 Å². The lowest BCUT2D eigenvalue weighted by Gasteiger charge is -2.04. The lowest BCUT2D eigenvalue weighted by atomic mass is 10.1. The van der Waals surface area contributed by atoms with Crippen molar-refractivity contribution in [3.05, 3.63) is 35.4 Å². The summed E-state index contributed by atoms with van der Waals surface area (Å²) in [7, 11) is 4.36. The predicted octanol–water partition coefficient (Wildman–Crippen LogP) is 1.86. The normalized spacial score (nSPS) is 10.8. The lowest BCUT2D eigenvalue weighted by Crippen LogP contribution is -1.95. The van der Waals surface area contributed by atoms with Gasteiger partial charge in [0, 0.05) is 11.6 Å². The van der Waals surface area contributed by atoms with E-state index in [4.69, 9.17) is 4.74 Å². The molecule has 0 bridgehead atoms. The van der Waals surface area contributed by atoms with Gasteiger partial charge in [-0.05, 0) is 29.8 Å². The number of carbonyl (C=O) groups excluding carboxylic acids is 1. The second-order valence-electron chi connectivity index (χ2n) is 3.27. The minimum absolute atomic E-state index is 0.424. The van der Waals surface area contributed by atoms with Gasteiger partial charge in [-0.2, -0.15) is 0 Å². The zero-order valence-electron chi connectivity index (χ0n) is 10.5. The topological polar surface area (TPSA) is 57.1 Å². The Morgan fingerprint density at radius 3 is 2.61 bits per heavy atom. The summed E-state index contributed by atoms with van der Waals surface area (Å²) in [4.78, 5) is 15.7. The van der Waals surface area contributed by atoms with Crippen LogP contribution in [0.4, 0.5) is 0 Å². The Bertz CT molecular complexity index is 466. The Kier molecular flexibility index (Phi) is 5.44. The smallest absolute Gasteiger partial charge is 0.330 e. The van der Waals surface area contributed by atoms with Crippen molar-refractivity contribution in [2.45, 2.75) is 0 Å². The highest BCUT2D eigenvalue weighted by Crippen LogP contribution is 2.18. The van der Waals surface area contributed by atoms with Gasteiger partial charge in [0.05, 0.1) is 20.4 Å². The monoisotopic (exact) mass is 249 g/mol. The van der Waals surface area contributed by atoms with Gasteiger partial charge in [-0.15, -0.1) is 0 Å². The van der Waals surface area contributed by atoms with Gasteiger partial charge in [-0.1, -0.05) is 5.16 Å². The number of hydrogen-bond donors (Lipinski definition) is 0. The maximum absolute atomic E-state index is 11.1. The van der Waals surface area contributed by atoms with Crippen molar-refractivity contribution in [2.24, 2.45) is 5.16 Å². The summed E-state index contributed by atoms with van der Waals surface area (Å²) in [6, 6.07) is 5.40. The average molecular weight is 249 g/mol. The summed E-state index contributed by atoms with van der Waals surface area (Å²) >= 11 is 0. The van der Waals surface area contributed by atoms with E-state index in [1.165, 1.54) is 20.3 Å². The van der Waals surface area contributed by atoms with Crippen LogP contribution in [0.3, 0.4) is 0 Å². The first-order chi connectivity index (χ1) is 8.71. The molecule has 0 aromatic heterocycles. The van der Waals surface area contributed by atoms with Crippen LogP contribution in [0.1, 0.15) is 11.1 Å². The van der Waals surface area contributed by atoms with Crippen molar-refractivity contribution in [3.63, 3.8) is 0 Å². The Morgan fingerprint density at radius 1 is 1.22 bits per heavy atom. The molecule has 0 radical (unpaired) electrons. The predicted molar refractivity (Wildman–Crippen MR) is 68.6 cm³/mol. The van der Waals surface area contributed by atoms with Crippen LogP contribution in [0.2, 0.25) is 0 Å². The summed E-state index contributed by atoms with van der Waals surface area (Å²) in [6.45, 7) is 0. The summed E-state index contributed by atoms with van der Waals surface area (Å²) < 4.78 is 9.66. The van der Waals surface area contributed by atoms with Crippen LogP contribution in [-0.4, -0.2) is 33.5 Å². The fourth-order valence-electron chi connectivity index (χ4n) is 1.28. The van der Waals surface area contributed by atoms with Gasteiger partial charge in [-0.25, -0.2) is 4.79 Å². The molecule has 0 spiro atoms. The summed E-state index contributed by atoms with van der Waals surface area (Å²) in [5, 5.41) is 3.69. The molecular weight excluding hydrogens is 234 g/mol. The number of oxime groups is 1. The lowest BCUT2D eigenvalue weighted by molar-refractivity contribution is -0.134. The van der Waals surface area contributed by atoms with Crippen molar-refractivity contribution in [1.29, 1.82) is 0 Å². The van der Waals surface area contributed by atoms with Gasteiger partial charge in [0.15, 0.2) is 0 Å². The zero-order chi connectivity index (χ0) is 13.4. The summed E-state index contributed by atoms with van der Waals surface area (Å²) in [6.07, 6.45) is 4.51. The van der Waals surface area contributed by atoms with Crippen molar-refractivity contribution in [2.75, 3.05) is 21.3 Å². The van der Waals surface area contributed by atoms with Gasteiger partial charge < -0.3 is 14.3 Å². The van der Waals surface area contributed by atoms with Crippen LogP contribution in [-0.2, 0) is 14.4 Å². The number of carbonyl (C=O) groups is 1. The van der Waals surface area contributed by atoms with Gasteiger partial charge in [-0.3, -0.25) is 0 Å². The Hall–Kier alpha value is -2.30. The quantitative estimate of drug-likeness (QED) is 0.346. The van der Waals surface area contributed by atoms with E-state index >= 15 is 0 Å². The summed E-state index contributed by atoms with van der Waals surface area (Å²) in [5.74, 6) is 0.265. The maximum atomic E-state index is 11.1. The third-order valence-electron chi connectivity index (χ3n) is 2.19. The molecule has 0 atom stereocenters. The van der Waals surface area contributed by atoms with E-state index in [-0.39, 0.29) is 0 Å². The average Bonchev–Trinajstić information content (AvgIpc) is 2.42. The van der Waals surface area contributed by atoms with Gasteiger partial charge in [0.1, 0.15) is 12.9 Å². The van der Waals surface area contributed by atoms with Crippen LogP contribution >= 0.6 is 0 Å². The second-order valence-corrected chi connectivity index (χ2v) is 3.27. The van der Waals surface area contributed by atoms with E-state index in [1.807, 2.05) is 6.07 Å². The molecule has 0 N–H and O–H groups in total. The van der Waals surface area contributed by atoms with Crippen LogP contribution < -0.4 is 4.74 Å². The highest BCUT2D eigenvalue weighted by molar-refractivity contribution is 5.91. The molecule has 0 amide bonds. The first-order valence-electron chi connectivity index (χ1n) is 5.22. The van der Waals surface area contributed by atoms with Crippen LogP contribution in [0, 0.1) is 0 Å². The molecule has 0 saturated heterocycles. The van der Waals surface area contributed by atoms with Crippen molar-refractivity contribution >= 4 is 18.3 Å². The van der Waals surface area contributed by atoms with Crippen molar-refractivity contribution < 1.29 is 19.1 Å². The van der Waals surface area contributed by atoms with Gasteiger partial charge in [0.25, 0.3) is 0 Å². The molecule has 0 aliphatic carbocycles. The number of esters is 1. The van der Waals surface area contributed by atoms with E-state index in [2.05, 4.69) is 14.7 Å². The van der Waals surface area contributed by atoms with E-state index in [0.717, 1.165) is 11.1 Å². The van der Waals surface area contributed by atoms with Crippen LogP contribution in [0.5, 0.6) is 5.75 Å². The number of methoxy groups -OCH3 is 2. The fraction of sp³-hybridized carbons (Fsp3) is 0.231. The maximum Gasteiger partial charge on any atom is 0.330 e. The minimum Gasteiger partial charge on any atom is -0.497 e. The van der Waals surface area contributed by atoms with Gasteiger partial charge in [0.2, 0.25) is 0 Å². The number of nitrogens with zero attached hydrogens (tertiary/aromatic N) is 1. The first kappa shape index (κ1) is 13.8. The molecule has 5 heteroatoms. The first-order valence-corrected chi connectivity index (χ1v) is 5.22. The number of ether oxygens (including phenoxy) is 2. The number of hydrogen-bond acceptors (Lipinski definition) is 5. The second kappa shape index (κ2) is 7.11. The third kappa shape index (κ3) is 3.93. The molecule has 0 saturated carbocycles. The van der Waals surface area contributed by atoms with E-state index in [9.17, 15) is 4.79 Å². The van der Waals surface area contributed by atoms with E-state index < -0.39 is 5.97 Å². The molecule has 96 valence electrons. The van der Waals surface area contributed by atoms with Crippen LogP contribution in [0.15, 0.2) is 29.4 Å². The highest BCUT2D eigenvalue weighted by atomic mass is 16.6. The Labute approximate surface area is 106 Å². The van der Waals surface area contributed by atoms with Crippen molar-refractivity contribution in [3.8, 4) is 5.75 Å². The summed E-state index contributed by atoms with van der Waals surface area (Å²) in [5.41, 5.74) is 1.58. The molecule has 0 heterocycles. The Balaban J connectivity index is 3.07. The molecule has 1 aromatic rings. The third-order valence-corrected chi connectivity index (χ3v) is 2.19. The van der Waals surface area contributed by atoms with Gasteiger partial charge >= 0.3 is 5.97 Å². The number of benzene rings is 1. The standard InChI is InChI=1S/C13H15NO4/c1-16-12-6-4-11(9-14-18-3)10(8-12)5-7-13(15)17-2/h4-9H,1-3H3/b7-5+,14-9+. The molecule has 1 rings (SSSR count). The molecule has 0 fully saturated rings. The Morgan fingerprint density at radius 2 is 2.00 bits per heavy atom. The number of rotatable bonds is 5. The molecular formula is C13H15NO4. The van der Waals surface area contributed by atoms with E-state index in [1.54, 1.807) is 31.5 Å². The molecule has 0 unspecified atom stereocenters. The van der Waals surface area contributed by atoms with E-state index in [0.29, 0.717) is 5.75 Å². The molecule has 1 aromatic carbocycles. The molecule has 0 aliphatic heterocycles. The largest absolute Gasteiger partial charge is 0.497 e. The zero-order valence-corrected chi connectivity index (χ0v) is 10.5. The minimum atomic E-state index is -0.424. The molecule has 0 aliphatic rings. The molecule has 18 heavy (non-hydrogen) atoms.